The SMILES string of the molecule is COc1ccc2nc3cc(Cl)ccc3c(Nc3ccc(Nc4nc(NCCN(C)C)nc(Nc5ccccc5)n4)cc3)c2c1. The summed E-state index contributed by atoms with van der Waals surface area (Å²) in [4.78, 5) is 20.7. The Bertz CT molecular complexity index is 1900. The van der Waals surface area contributed by atoms with Gasteiger partial charge >= 0.3 is 0 Å². The lowest BCUT2D eigenvalue weighted by Gasteiger charge is -2.15. The molecular weight excluding hydrogens is 574 g/mol. The van der Waals surface area contributed by atoms with Crippen molar-refractivity contribution >= 4 is 74.0 Å². The number of benzene rings is 4. The van der Waals surface area contributed by atoms with Crippen LogP contribution in [0.1, 0.15) is 0 Å². The zero-order valence-corrected chi connectivity index (χ0v) is 25.4. The Kier molecular flexibility index (Phi) is 8.53. The highest BCUT2D eigenvalue weighted by molar-refractivity contribution is 6.31. The van der Waals surface area contributed by atoms with E-state index in [1.165, 1.54) is 0 Å². The fraction of sp³-hybridized carbons (Fsp3) is 0.152. The van der Waals surface area contributed by atoms with E-state index in [1.54, 1.807) is 7.11 Å². The molecule has 4 aromatic carbocycles. The second-order valence-corrected chi connectivity index (χ2v) is 10.8. The minimum Gasteiger partial charge on any atom is -0.497 e. The Morgan fingerprint density at radius 3 is 2.00 bits per heavy atom. The van der Waals surface area contributed by atoms with E-state index in [0.717, 1.165) is 56.8 Å². The van der Waals surface area contributed by atoms with Crippen LogP contribution in [0.2, 0.25) is 5.02 Å². The lowest BCUT2D eigenvalue weighted by atomic mass is 10.1. The van der Waals surface area contributed by atoms with E-state index in [1.807, 2.05) is 105 Å². The molecule has 10 nitrogen and oxygen atoms in total. The highest BCUT2D eigenvalue weighted by Crippen LogP contribution is 2.36. The van der Waals surface area contributed by atoms with E-state index in [4.69, 9.17) is 21.3 Å². The molecule has 2 heterocycles. The highest BCUT2D eigenvalue weighted by Gasteiger charge is 2.12. The molecule has 6 aromatic rings. The van der Waals surface area contributed by atoms with Gasteiger partial charge in [0.2, 0.25) is 17.8 Å². The van der Waals surface area contributed by atoms with E-state index >= 15 is 0 Å². The van der Waals surface area contributed by atoms with Crippen LogP contribution in [0.15, 0.2) is 91.0 Å². The van der Waals surface area contributed by atoms with Crippen molar-refractivity contribution in [1.29, 1.82) is 0 Å². The number of methoxy groups -OCH3 is 1. The smallest absolute Gasteiger partial charge is 0.233 e. The predicted octanol–water partition coefficient (Wildman–Crippen LogP) is 7.44. The third-order valence-electron chi connectivity index (χ3n) is 6.86. The van der Waals surface area contributed by atoms with Crippen LogP contribution in [0.4, 0.5) is 40.6 Å². The summed E-state index contributed by atoms with van der Waals surface area (Å²) in [6, 6.07) is 29.3. The van der Waals surface area contributed by atoms with Crippen molar-refractivity contribution < 1.29 is 4.74 Å². The number of nitrogens with zero attached hydrogens (tertiary/aromatic N) is 5. The van der Waals surface area contributed by atoms with Gasteiger partial charge in [-0.2, -0.15) is 15.0 Å². The summed E-state index contributed by atoms with van der Waals surface area (Å²) in [5, 5.41) is 16.0. The van der Waals surface area contributed by atoms with Gasteiger partial charge in [0.05, 0.1) is 23.8 Å². The number of fused-ring (bicyclic) bond motifs is 2. The first kappa shape index (κ1) is 28.9. The first-order valence-electron chi connectivity index (χ1n) is 14.1. The summed E-state index contributed by atoms with van der Waals surface area (Å²) < 4.78 is 5.50. The fourth-order valence-electron chi connectivity index (χ4n) is 4.68. The quantitative estimate of drug-likeness (QED) is 0.111. The van der Waals surface area contributed by atoms with E-state index in [9.17, 15) is 0 Å². The predicted molar refractivity (Wildman–Crippen MR) is 180 cm³/mol. The van der Waals surface area contributed by atoms with Crippen LogP contribution < -0.4 is 26.0 Å². The van der Waals surface area contributed by atoms with Gasteiger partial charge in [0.15, 0.2) is 0 Å². The van der Waals surface area contributed by atoms with E-state index in [2.05, 4.69) is 41.1 Å². The number of hydrogen-bond acceptors (Lipinski definition) is 10. The summed E-state index contributed by atoms with van der Waals surface area (Å²) >= 11 is 6.30. The molecule has 2 aromatic heterocycles. The first-order valence-corrected chi connectivity index (χ1v) is 14.5. The molecule has 0 aliphatic rings. The normalized spacial score (nSPS) is 11.1. The van der Waals surface area contributed by atoms with Crippen molar-refractivity contribution in [2.75, 3.05) is 55.6 Å². The lowest BCUT2D eigenvalue weighted by molar-refractivity contribution is 0.415. The van der Waals surface area contributed by atoms with E-state index in [-0.39, 0.29) is 0 Å². The van der Waals surface area contributed by atoms with Gasteiger partial charge in [0.25, 0.3) is 0 Å². The molecule has 0 bridgehead atoms. The van der Waals surface area contributed by atoms with Gasteiger partial charge in [0, 0.05) is 45.9 Å². The molecule has 44 heavy (non-hydrogen) atoms. The monoisotopic (exact) mass is 605 g/mol. The molecule has 0 radical (unpaired) electrons. The van der Waals surface area contributed by atoms with Crippen molar-refractivity contribution in [2.45, 2.75) is 0 Å². The van der Waals surface area contributed by atoms with Crippen LogP contribution in [-0.4, -0.2) is 59.1 Å². The van der Waals surface area contributed by atoms with Gasteiger partial charge < -0.3 is 30.9 Å². The summed E-state index contributed by atoms with van der Waals surface area (Å²) in [5.74, 6) is 2.09. The number of rotatable bonds is 11. The average molecular weight is 606 g/mol. The van der Waals surface area contributed by atoms with Gasteiger partial charge in [-0.15, -0.1) is 0 Å². The second-order valence-electron chi connectivity index (χ2n) is 10.4. The van der Waals surface area contributed by atoms with E-state index < -0.39 is 0 Å². The first-order chi connectivity index (χ1) is 21.4. The zero-order chi connectivity index (χ0) is 30.5. The molecule has 0 atom stereocenters. The minimum absolute atomic E-state index is 0.418. The molecule has 0 unspecified atom stereocenters. The molecule has 0 aliphatic heterocycles. The van der Waals surface area contributed by atoms with Crippen molar-refractivity contribution in [3.8, 4) is 5.75 Å². The summed E-state index contributed by atoms with van der Waals surface area (Å²) in [6.45, 7) is 1.53. The fourth-order valence-corrected chi connectivity index (χ4v) is 4.84. The van der Waals surface area contributed by atoms with Gasteiger partial charge in [-0.1, -0.05) is 29.8 Å². The molecule has 0 saturated carbocycles. The Balaban J connectivity index is 1.27. The minimum atomic E-state index is 0.418. The molecule has 222 valence electrons. The number of halogens is 1. The number of para-hydroxylation sites is 1. The average Bonchev–Trinajstić information content (AvgIpc) is 3.02. The topological polar surface area (TPSA) is 112 Å². The number of hydrogen-bond donors (Lipinski definition) is 4. The molecule has 0 amide bonds. The number of aromatic nitrogens is 4. The number of anilines is 7. The lowest BCUT2D eigenvalue weighted by Crippen LogP contribution is -2.22. The standard InChI is InChI=1S/C33H32ClN9O/c1-43(2)18-17-35-31-40-32(37-22-7-5-4-6-8-22)42-33(41-31)38-24-12-10-23(11-13-24)36-30-26-15-9-21(34)19-29(26)39-28-16-14-25(44-3)20-27(28)30/h4-16,19-20H,17-18H2,1-3H3,(H,36,39)(H3,35,37,38,40,41,42). The van der Waals surface area contributed by atoms with Crippen LogP contribution >= 0.6 is 11.6 Å². The molecule has 0 aliphatic carbocycles. The number of pyridine rings is 1. The Morgan fingerprint density at radius 1 is 0.659 bits per heavy atom. The zero-order valence-electron chi connectivity index (χ0n) is 24.6. The van der Waals surface area contributed by atoms with Crippen molar-refractivity contribution in [2.24, 2.45) is 0 Å². The molecule has 6 rings (SSSR count). The number of nitrogens with one attached hydrogen (secondary N) is 4. The maximum Gasteiger partial charge on any atom is 0.233 e. The van der Waals surface area contributed by atoms with Crippen LogP contribution in [-0.2, 0) is 0 Å². The van der Waals surface area contributed by atoms with Crippen LogP contribution in [0.3, 0.4) is 0 Å². The Labute approximate surface area is 260 Å². The third kappa shape index (κ3) is 6.88. The largest absolute Gasteiger partial charge is 0.497 e. The molecule has 0 spiro atoms. The molecule has 0 fully saturated rings. The molecule has 11 heteroatoms. The van der Waals surface area contributed by atoms with Crippen molar-refractivity contribution in [1.82, 2.24) is 24.8 Å². The second kappa shape index (κ2) is 13.0. The van der Waals surface area contributed by atoms with Gasteiger partial charge in [0.1, 0.15) is 5.75 Å². The summed E-state index contributed by atoms with van der Waals surface area (Å²) in [6.07, 6.45) is 0. The molecule has 4 N–H and O–H groups in total. The maximum absolute atomic E-state index is 6.30. The maximum atomic E-state index is 6.30. The van der Waals surface area contributed by atoms with Gasteiger partial charge in [-0.25, -0.2) is 4.98 Å². The molecule has 0 saturated heterocycles. The molecular formula is C33H32ClN9O. The van der Waals surface area contributed by atoms with Gasteiger partial charge in [-0.05, 0) is 86.9 Å². The number of ether oxygens (including phenoxy) is 1. The van der Waals surface area contributed by atoms with Gasteiger partial charge in [-0.3, -0.25) is 0 Å². The van der Waals surface area contributed by atoms with Crippen molar-refractivity contribution in [3.63, 3.8) is 0 Å². The summed E-state index contributed by atoms with van der Waals surface area (Å²) in [5.41, 5.74) is 5.17. The summed E-state index contributed by atoms with van der Waals surface area (Å²) in [7, 11) is 5.70. The van der Waals surface area contributed by atoms with Crippen molar-refractivity contribution in [3.05, 3.63) is 96.0 Å². The third-order valence-corrected chi connectivity index (χ3v) is 7.10. The van der Waals surface area contributed by atoms with Crippen LogP contribution in [0, 0.1) is 0 Å². The Morgan fingerprint density at radius 2 is 1.32 bits per heavy atom. The number of likely N-dealkylation sites (N-methyl/N-ethyl adjacent to an activating group) is 1. The van der Waals surface area contributed by atoms with E-state index in [0.29, 0.717) is 29.4 Å². The van der Waals surface area contributed by atoms with Crippen LogP contribution in [0.5, 0.6) is 5.75 Å². The highest BCUT2D eigenvalue weighted by atomic mass is 35.5. The Hall–Kier alpha value is -5.19. The van der Waals surface area contributed by atoms with Crippen LogP contribution in [0.25, 0.3) is 21.8 Å².